The summed E-state index contributed by atoms with van der Waals surface area (Å²) in [5.74, 6) is 0.103. The molecule has 1 aromatic carbocycles. The Morgan fingerprint density at radius 2 is 2.09 bits per heavy atom. The van der Waals surface area contributed by atoms with Crippen LogP contribution in [0, 0.1) is 0 Å². The summed E-state index contributed by atoms with van der Waals surface area (Å²) in [6.07, 6.45) is -0.546. The Kier molecular flexibility index (Phi) is 2.42. The van der Waals surface area contributed by atoms with E-state index in [4.69, 9.17) is 10.2 Å². The molecule has 0 saturated heterocycles. The highest BCUT2D eigenvalue weighted by atomic mass is 32.1. The predicted octanol–water partition coefficient (Wildman–Crippen LogP) is 1.73. The van der Waals surface area contributed by atoms with Crippen molar-refractivity contribution in [3.05, 3.63) is 23.8 Å². The van der Waals surface area contributed by atoms with Gasteiger partial charge in [-0.2, -0.15) is 0 Å². The summed E-state index contributed by atoms with van der Waals surface area (Å²) in [6.45, 7) is 1.65. The van der Waals surface area contributed by atoms with Crippen molar-refractivity contribution in [1.29, 1.82) is 0 Å². The molecule has 1 atom stereocenters. The molecule has 0 amide bonds. The molecule has 0 fully saturated rings. The quantitative estimate of drug-likeness (QED) is 0.562. The molecule has 11 heavy (non-hydrogen) atoms. The van der Waals surface area contributed by atoms with Crippen LogP contribution in [0.5, 0.6) is 5.75 Å². The standard InChI is InChI=1S/C8H10O2S/c1-5(9)6-2-3-8(11)7(10)4-6/h2-5,9-11H,1H3. The summed E-state index contributed by atoms with van der Waals surface area (Å²) in [6, 6.07) is 4.89. The van der Waals surface area contributed by atoms with E-state index in [0.717, 1.165) is 0 Å². The van der Waals surface area contributed by atoms with E-state index in [9.17, 15) is 0 Å². The summed E-state index contributed by atoms with van der Waals surface area (Å²) in [4.78, 5) is 0.523. The summed E-state index contributed by atoms with van der Waals surface area (Å²) in [7, 11) is 0. The molecule has 0 spiro atoms. The predicted molar refractivity (Wildman–Crippen MR) is 46.0 cm³/mol. The average molecular weight is 170 g/mol. The fraction of sp³-hybridized carbons (Fsp3) is 0.250. The fourth-order valence-electron chi connectivity index (χ4n) is 0.800. The Bertz CT molecular complexity index is 258. The smallest absolute Gasteiger partial charge is 0.129 e. The van der Waals surface area contributed by atoms with Crippen LogP contribution >= 0.6 is 12.6 Å². The fourth-order valence-corrected chi connectivity index (χ4v) is 0.939. The maximum absolute atomic E-state index is 9.16. The lowest BCUT2D eigenvalue weighted by molar-refractivity contribution is 0.198. The minimum absolute atomic E-state index is 0.103. The van der Waals surface area contributed by atoms with Crippen molar-refractivity contribution in [1.82, 2.24) is 0 Å². The van der Waals surface area contributed by atoms with Crippen LogP contribution in [0.15, 0.2) is 23.1 Å². The second-order valence-corrected chi connectivity index (χ2v) is 2.91. The molecule has 0 saturated carbocycles. The van der Waals surface area contributed by atoms with Crippen molar-refractivity contribution >= 4 is 12.6 Å². The number of hydrogen-bond donors (Lipinski definition) is 3. The molecule has 1 rings (SSSR count). The van der Waals surface area contributed by atoms with Gasteiger partial charge in [-0.05, 0) is 24.6 Å². The zero-order valence-electron chi connectivity index (χ0n) is 6.15. The van der Waals surface area contributed by atoms with Crippen LogP contribution in [-0.2, 0) is 0 Å². The van der Waals surface area contributed by atoms with E-state index in [1.165, 1.54) is 6.07 Å². The van der Waals surface area contributed by atoms with Crippen molar-refractivity contribution in [2.75, 3.05) is 0 Å². The first-order valence-corrected chi connectivity index (χ1v) is 3.76. The largest absolute Gasteiger partial charge is 0.507 e. The van der Waals surface area contributed by atoms with Crippen molar-refractivity contribution in [3.63, 3.8) is 0 Å². The highest BCUT2D eigenvalue weighted by Gasteiger charge is 2.02. The number of hydrogen-bond acceptors (Lipinski definition) is 3. The van der Waals surface area contributed by atoms with Gasteiger partial charge in [-0.15, -0.1) is 12.6 Å². The Balaban J connectivity index is 3.05. The zero-order valence-corrected chi connectivity index (χ0v) is 7.05. The molecule has 0 aliphatic rings. The number of phenolic OH excluding ortho intramolecular Hbond substituents is 1. The van der Waals surface area contributed by atoms with E-state index in [0.29, 0.717) is 10.5 Å². The van der Waals surface area contributed by atoms with Gasteiger partial charge in [0.2, 0.25) is 0 Å². The van der Waals surface area contributed by atoms with Gasteiger partial charge in [0.25, 0.3) is 0 Å². The first-order chi connectivity index (χ1) is 5.11. The second-order valence-electron chi connectivity index (χ2n) is 2.42. The minimum Gasteiger partial charge on any atom is -0.507 e. The summed E-state index contributed by atoms with van der Waals surface area (Å²) in [5, 5.41) is 18.3. The number of benzene rings is 1. The maximum atomic E-state index is 9.16. The van der Waals surface area contributed by atoms with Crippen molar-refractivity contribution in [2.24, 2.45) is 0 Å². The van der Waals surface area contributed by atoms with E-state index < -0.39 is 6.10 Å². The SMILES string of the molecule is CC(O)c1ccc(S)c(O)c1. The molecule has 0 radical (unpaired) electrons. The van der Waals surface area contributed by atoms with Crippen LogP contribution in [0.25, 0.3) is 0 Å². The summed E-state index contributed by atoms with van der Waals surface area (Å²) < 4.78 is 0. The molecule has 1 unspecified atom stereocenters. The van der Waals surface area contributed by atoms with E-state index in [2.05, 4.69) is 12.6 Å². The highest BCUT2D eigenvalue weighted by molar-refractivity contribution is 7.80. The van der Waals surface area contributed by atoms with Gasteiger partial charge in [0, 0.05) is 4.90 Å². The van der Waals surface area contributed by atoms with E-state index in [-0.39, 0.29) is 5.75 Å². The molecule has 0 aromatic heterocycles. The molecule has 3 heteroatoms. The minimum atomic E-state index is -0.546. The molecule has 2 nitrogen and oxygen atoms in total. The lowest BCUT2D eigenvalue weighted by Crippen LogP contribution is -1.89. The molecule has 0 aliphatic heterocycles. The van der Waals surface area contributed by atoms with Gasteiger partial charge in [-0.3, -0.25) is 0 Å². The van der Waals surface area contributed by atoms with Gasteiger partial charge in [0.1, 0.15) is 5.75 Å². The molecule has 0 bridgehead atoms. The lowest BCUT2D eigenvalue weighted by Gasteiger charge is -2.05. The topological polar surface area (TPSA) is 40.5 Å². The van der Waals surface area contributed by atoms with Crippen LogP contribution in [0.1, 0.15) is 18.6 Å². The number of rotatable bonds is 1. The monoisotopic (exact) mass is 170 g/mol. The van der Waals surface area contributed by atoms with Crippen molar-refractivity contribution in [2.45, 2.75) is 17.9 Å². The number of aliphatic hydroxyl groups excluding tert-OH is 1. The van der Waals surface area contributed by atoms with Gasteiger partial charge in [-0.1, -0.05) is 6.07 Å². The van der Waals surface area contributed by atoms with Crippen molar-refractivity contribution < 1.29 is 10.2 Å². The number of thiol groups is 1. The Morgan fingerprint density at radius 3 is 2.55 bits per heavy atom. The third-order valence-electron chi connectivity index (χ3n) is 1.48. The second kappa shape index (κ2) is 3.15. The van der Waals surface area contributed by atoms with Gasteiger partial charge in [0.15, 0.2) is 0 Å². The van der Waals surface area contributed by atoms with Gasteiger partial charge in [-0.25, -0.2) is 0 Å². The van der Waals surface area contributed by atoms with Crippen LogP contribution < -0.4 is 0 Å². The van der Waals surface area contributed by atoms with Crippen LogP contribution in [0.2, 0.25) is 0 Å². The van der Waals surface area contributed by atoms with Crippen LogP contribution in [-0.4, -0.2) is 10.2 Å². The summed E-state index contributed by atoms with van der Waals surface area (Å²) in [5.41, 5.74) is 0.695. The normalized spacial score (nSPS) is 13.0. The number of aliphatic hydroxyl groups is 1. The molecular weight excluding hydrogens is 160 g/mol. The lowest BCUT2D eigenvalue weighted by atomic mass is 10.1. The van der Waals surface area contributed by atoms with Crippen LogP contribution in [0.3, 0.4) is 0 Å². The van der Waals surface area contributed by atoms with E-state index in [1.54, 1.807) is 19.1 Å². The van der Waals surface area contributed by atoms with Gasteiger partial charge < -0.3 is 10.2 Å². The number of aromatic hydroxyl groups is 1. The molecular formula is C8H10O2S. The van der Waals surface area contributed by atoms with Gasteiger partial charge in [0.05, 0.1) is 6.10 Å². The Hall–Kier alpha value is -0.670. The van der Waals surface area contributed by atoms with E-state index in [1.807, 2.05) is 0 Å². The maximum Gasteiger partial charge on any atom is 0.129 e. The molecule has 0 heterocycles. The first-order valence-electron chi connectivity index (χ1n) is 3.31. The Labute approximate surface area is 70.9 Å². The molecule has 0 aliphatic carbocycles. The highest BCUT2D eigenvalue weighted by Crippen LogP contribution is 2.24. The average Bonchev–Trinajstić information content (AvgIpc) is 1.94. The van der Waals surface area contributed by atoms with Gasteiger partial charge >= 0.3 is 0 Å². The summed E-state index contributed by atoms with van der Waals surface area (Å²) >= 11 is 3.98. The first kappa shape index (κ1) is 8.43. The van der Waals surface area contributed by atoms with Crippen molar-refractivity contribution in [3.8, 4) is 5.75 Å². The third kappa shape index (κ3) is 1.88. The Morgan fingerprint density at radius 1 is 1.45 bits per heavy atom. The number of phenols is 1. The molecule has 2 N–H and O–H groups in total. The molecule has 60 valence electrons. The third-order valence-corrected chi connectivity index (χ3v) is 1.86. The zero-order chi connectivity index (χ0) is 8.43. The van der Waals surface area contributed by atoms with Crippen LogP contribution in [0.4, 0.5) is 0 Å². The molecule has 1 aromatic rings. The van der Waals surface area contributed by atoms with E-state index >= 15 is 0 Å².